The number of Topliss-reactive ketones (excluding diaryl/α,β-unsaturated/α-hetero) is 1. The summed E-state index contributed by atoms with van der Waals surface area (Å²) >= 11 is 0. The summed E-state index contributed by atoms with van der Waals surface area (Å²) < 4.78 is 10.5. The van der Waals surface area contributed by atoms with Crippen LogP contribution in [0.3, 0.4) is 0 Å². The zero-order chi connectivity index (χ0) is 12.4. The van der Waals surface area contributed by atoms with Crippen LogP contribution >= 0.6 is 0 Å². The first-order valence-corrected chi connectivity index (χ1v) is 5.81. The zero-order valence-corrected chi connectivity index (χ0v) is 9.76. The van der Waals surface area contributed by atoms with Crippen molar-refractivity contribution in [3.8, 4) is 0 Å². The van der Waals surface area contributed by atoms with E-state index in [9.17, 15) is 4.79 Å². The molecule has 0 saturated heterocycles. The van der Waals surface area contributed by atoms with Crippen molar-refractivity contribution in [2.24, 2.45) is 0 Å². The smallest absolute Gasteiger partial charge is 0.163 e. The van der Waals surface area contributed by atoms with Gasteiger partial charge in [0.2, 0.25) is 0 Å². The summed E-state index contributed by atoms with van der Waals surface area (Å²) in [5, 5.41) is 0. The van der Waals surface area contributed by atoms with E-state index in [-0.39, 0.29) is 5.78 Å². The highest BCUT2D eigenvalue weighted by atomic mass is 16.3. The van der Waals surface area contributed by atoms with Gasteiger partial charge in [-0.25, -0.2) is 0 Å². The van der Waals surface area contributed by atoms with Crippen molar-refractivity contribution >= 4 is 17.9 Å². The van der Waals surface area contributed by atoms with E-state index in [1.54, 1.807) is 12.5 Å². The van der Waals surface area contributed by atoms with E-state index >= 15 is 0 Å². The van der Waals surface area contributed by atoms with Crippen LogP contribution in [0.4, 0.5) is 0 Å². The molecule has 0 spiro atoms. The number of carbonyl (C=O) groups excluding carboxylic acids is 1. The maximum absolute atomic E-state index is 11.9. The van der Waals surface area contributed by atoms with Crippen molar-refractivity contribution in [3.63, 3.8) is 0 Å². The number of hydrogen-bond acceptors (Lipinski definition) is 3. The molecule has 3 heteroatoms. The lowest BCUT2D eigenvalue weighted by molar-refractivity contribution is -0.114. The van der Waals surface area contributed by atoms with Gasteiger partial charge in [-0.3, -0.25) is 4.79 Å². The van der Waals surface area contributed by atoms with Gasteiger partial charge in [0, 0.05) is 12.0 Å². The molecule has 2 aromatic heterocycles. The second kappa shape index (κ2) is 4.53. The lowest BCUT2D eigenvalue weighted by Gasteiger charge is -1.92. The highest BCUT2D eigenvalue weighted by Gasteiger charge is 2.22. The average Bonchev–Trinajstić information content (AvgIpc) is 3.04. The van der Waals surface area contributed by atoms with Crippen molar-refractivity contribution in [2.45, 2.75) is 12.8 Å². The fourth-order valence-electron chi connectivity index (χ4n) is 2.08. The number of allylic oxidation sites excluding steroid dienone is 2. The SMILES string of the molecule is O=C1C/C(=C/c2ccco2)C/C1=C/c1ccco1. The van der Waals surface area contributed by atoms with Gasteiger partial charge >= 0.3 is 0 Å². The molecule has 0 bridgehead atoms. The Morgan fingerprint density at radius 2 is 1.61 bits per heavy atom. The molecule has 90 valence electrons. The Balaban J connectivity index is 1.83. The summed E-state index contributed by atoms with van der Waals surface area (Å²) in [7, 11) is 0. The van der Waals surface area contributed by atoms with Crippen LogP contribution in [-0.2, 0) is 4.79 Å². The molecule has 1 aliphatic rings. The first-order valence-electron chi connectivity index (χ1n) is 5.81. The first-order chi connectivity index (χ1) is 8.81. The molecule has 0 aromatic carbocycles. The van der Waals surface area contributed by atoms with Crippen molar-refractivity contribution < 1.29 is 13.6 Å². The van der Waals surface area contributed by atoms with E-state index in [1.807, 2.05) is 36.4 Å². The monoisotopic (exact) mass is 240 g/mol. The molecule has 0 atom stereocenters. The van der Waals surface area contributed by atoms with Crippen LogP contribution in [0.1, 0.15) is 24.4 Å². The van der Waals surface area contributed by atoms with Gasteiger partial charge in [-0.2, -0.15) is 0 Å². The summed E-state index contributed by atoms with van der Waals surface area (Å²) in [6.07, 6.45) is 8.11. The predicted octanol–water partition coefficient (Wildman–Crippen LogP) is 3.70. The summed E-state index contributed by atoms with van der Waals surface area (Å²) in [6.45, 7) is 0. The molecule has 0 aliphatic heterocycles. The van der Waals surface area contributed by atoms with Crippen LogP contribution in [0.5, 0.6) is 0 Å². The molecule has 2 heterocycles. The van der Waals surface area contributed by atoms with Crippen molar-refractivity contribution in [1.82, 2.24) is 0 Å². The van der Waals surface area contributed by atoms with Crippen LogP contribution < -0.4 is 0 Å². The Morgan fingerprint density at radius 1 is 0.944 bits per heavy atom. The molecular formula is C15H12O3. The topological polar surface area (TPSA) is 43.4 Å². The minimum Gasteiger partial charge on any atom is -0.465 e. The van der Waals surface area contributed by atoms with Crippen LogP contribution in [0.15, 0.2) is 56.8 Å². The Bertz CT molecular complexity index is 598. The van der Waals surface area contributed by atoms with Gasteiger partial charge in [-0.15, -0.1) is 0 Å². The lowest BCUT2D eigenvalue weighted by atomic mass is 10.1. The Labute approximate surface area is 104 Å². The van der Waals surface area contributed by atoms with Crippen LogP contribution in [-0.4, -0.2) is 5.78 Å². The number of hydrogen-bond donors (Lipinski definition) is 0. The van der Waals surface area contributed by atoms with E-state index in [2.05, 4.69) is 0 Å². The lowest BCUT2D eigenvalue weighted by Crippen LogP contribution is -1.90. The predicted molar refractivity (Wildman–Crippen MR) is 67.6 cm³/mol. The molecule has 0 amide bonds. The molecule has 3 rings (SSSR count). The summed E-state index contributed by atoms with van der Waals surface area (Å²) in [5.41, 5.74) is 1.87. The standard InChI is InChI=1S/C15H12O3/c16-15-9-11(8-13-3-1-5-17-13)7-12(15)10-14-4-2-6-18-14/h1-6,8,10H,7,9H2/b11-8+,12-10-. The van der Waals surface area contributed by atoms with Gasteiger partial charge < -0.3 is 8.83 Å². The van der Waals surface area contributed by atoms with Crippen LogP contribution in [0.25, 0.3) is 12.2 Å². The van der Waals surface area contributed by atoms with Gasteiger partial charge in [0.1, 0.15) is 11.5 Å². The molecule has 0 radical (unpaired) electrons. The normalized spacial score (nSPS) is 20.1. The highest BCUT2D eigenvalue weighted by Crippen LogP contribution is 2.29. The van der Waals surface area contributed by atoms with Gasteiger partial charge in [0.05, 0.1) is 12.5 Å². The van der Waals surface area contributed by atoms with Crippen molar-refractivity contribution in [1.29, 1.82) is 0 Å². The fourth-order valence-corrected chi connectivity index (χ4v) is 2.08. The molecule has 3 nitrogen and oxygen atoms in total. The van der Waals surface area contributed by atoms with Gasteiger partial charge in [0.15, 0.2) is 5.78 Å². The maximum Gasteiger partial charge on any atom is 0.163 e. The Morgan fingerprint density at radius 3 is 2.22 bits per heavy atom. The highest BCUT2D eigenvalue weighted by molar-refractivity contribution is 6.04. The summed E-state index contributed by atoms with van der Waals surface area (Å²) in [6, 6.07) is 7.37. The minimum atomic E-state index is 0.157. The van der Waals surface area contributed by atoms with Gasteiger partial charge in [0.25, 0.3) is 0 Å². The van der Waals surface area contributed by atoms with E-state index in [0.29, 0.717) is 12.8 Å². The number of carbonyl (C=O) groups is 1. The average molecular weight is 240 g/mol. The number of furan rings is 2. The number of rotatable bonds is 2. The van der Waals surface area contributed by atoms with E-state index in [0.717, 1.165) is 22.7 Å². The zero-order valence-electron chi connectivity index (χ0n) is 9.76. The summed E-state index contributed by atoms with van der Waals surface area (Å²) in [5.74, 6) is 1.67. The Hall–Kier alpha value is -2.29. The van der Waals surface area contributed by atoms with Gasteiger partial charge in [-0.05, 0) is 42.8 Å². The summed E-state index contributed by atoms with van der Waals surface area (Å²) in [4.78, 5) is 11.9. The molecule has 0 unspecified atom stereocenters. The molecule has 1 aliphatic carbocycles. The number of ketones is 1. The van der Waals surface area contributed by atoms with E-state index in [1.165, 1.54) is 0 Å². The van der Waals surface area contributed by atoms with Crippen LogP contribution in [0, 0.1) is 0 Å². The fraction of sp³-hybridized carbons (Fsp3) is 0.133. The van der Waals surface area contributed by atoms with Crippen molar-refractivity contribution in [2.75, 3.05) is 0 Å². The van der Waals surface area contributed by atoms with Crippen LogP contribution in [0.2, 0.25) is 0 Å². The Kier molecular flexibility index (Phi) is 2.73. The molecular weight excluding hydrogens is 228 g/mol. The third-order valence-corrected chi connectivity index (χ3v) is 2.91. The van der Waals surface area contributed by atoms with E-state index < -0.39 is 0 Å². The largest absolute Gasteiger partial charge is 0.465 e. The third kappa shape index (κ3) is 2.20. The van der Waals surface area contributed by atoms with Gasteiger partial charge in [-0.1, -0.05) is 5.57 Å². The minimum absolute atomic E-state index is 0.157. The second-order valence-electron chi connectivity index (χ2n) is 4.28. The second-order valence-corrected chi connectivity index (χ2v) is 4.28. The molecule has 1 fully saturated rings. The first kappa shape index (κ1) is 10.8. The maximum atomic E-state index is 11.9. The molecule has 1 saturated carbocycles. The molecule has 18 heavy (non-hydrogen) atoms. The molecule has 0 N–H and O–H groups in total. The molecule has 2 aromatic rings. The quantitative estimate of drug-likeness (QED) is 0.751. The van der Waals surface area contributed by atoms with E-state index in [4.69, 9.17) is 8.83 Å². The third-order valence-electron chi connectivity index (χ3n) is 2.91. The van der Waals surface area contributed by atoms with Crippen molar-refractivity contribution in [3.05, 3.63) is 59.5 Å².